The maximum absolute atomic E-state index is 13.3. The van der Waals surface area contributed by atoms with Crippen LogP contribution in [0.5, 0.6) is 0 Å². The molecule has 1 atom stereocenters. The van der Waals surface area contributed by atoms with Crippen LogP contribution in [0.3, 0.4) is 0 Å². The molecule has 5 aromatic rings. The smallest absolute Gasteiger partial charge is 0.344 e. The highest BCUT2D eigenvalue weighted by molar-refractivity contribution is 6.08. The Morgan fingerprint density at radius 1 is 0.944 bits per heavy atom. The second kappa shape index (κ2) is 8.88. The van der Waals surface area contributed by atoms with Crippen LogP contribution in [0.1, 0.15) is 34.6 Å². The molecule has 1 N–H and O–H groups in total. The monoisotopic (exact) mass is 489 g/mol. The van der Waals surface area contributed by atoms with Gasteiger partial charge in [-0.3, -0.25) is 19.1 Å². The van der Waals surface area contributed by atoms with Crippen molar-refractivity contribution in [1.82, 2.24) is 25.1 Å². The zero-order valence-corrected chi connectivity index (χ0v) is 18.8. The third-order valence-corrected chi connectivity index (χ3v) is 5.89. The number of fused-ring (bicyclic) bond motifs is 3. The molecule has 0 aliphatic heterocycles. The Kier molecular flexibility index (Phi) is 5.71. The summed E-state index contributed by atoms with van der Waals surface area (Å²) in [6, 6.07) is 14.2. The van der Waals surface area contributed by atoms with Gasteiger partial charge in [0.15, 0.2) is 0 Å². The number of rotatable bonds is 4. The van der Waals surface area contributed by atoms with E-state index in [4.69, 9.17) is 0 Å². The van der Waals surface area contributed by atoms with Gasteiger partial charge in [0.1, 0.15) is 0 Å². The van der Waals surface area contributed by atoms with Gasteiger partial charge in [0.05, 0.1) is 40.6 Å². The molecular formula is C26H18F3N5O2. The van der Waals surface area contributed by atoms with Crippen molar-refractivity contribution >= 4 is 27.6 Å². The Morgan fingerprint density at radius 2 is 1.67 bits per heavy atom. The largest absolute Gasteiger partial charge is 0.416 e. The molecule has 3 aromatic heterocycles. The number of hydrogen-bond acceptors (Lipinski definition) is 5. The summed E-state index contributed by atoms with van der Waals surface area (Å²) in [6.45, 7) is 1.81. The average molecular weight is 489 g/mol. The Balaban J connectivity index is 1.63. The molecule has 2 aromatic carbocycles. The highest BCUT2D eigenvalue weighted by Gasteiger charge is 2.30. The van der Waals surface area contributed by atoms with Gasteiger partial charge in [-0.1, -0.05) is 6.07 Å². The van der Waals surface area contributed by atoms with Crippen LogP contribution < -0.4 is 10.9 Å². The first-order valence-corrected chi connectivity index (χ1v) is 10.9. The van der Waals surface area contributed by atoms with Gasteiger partial charge in [0.25, 0.3) is 11.5 Å². The summed E-state index contributed by atoms with van der Waals surface area (Å²) in [5, 5.41) is 11.8. The van der Waals surface area contributed by atoms with Gasteiger partial charge in [-0.2, -0.15) is 23.4 Å². The number of benzene rings is 2. The maximum atomic E-state index is 13.3. The normalized spacial score (nSPS) is 12.6. The molecule has 5 rings (SSSR count). The van der Waals surface area contributed by atoms with Crippen LogP contribution >= 0.6 is 0 Å². The highest BCUT2D eigenvalue weighted by Crippen LogP contribution is 2.31. The molecule has 0 spiro atoms. The van der Waals surface area contributed by atoms with Gasteiger partial charge in [0, 0.05) is 28.2 Å². The van der Waals surface area contributed by atoms with Crippen molar-refractivity contribution in [2.24, 2.45) is 0 Å². The van der Waals surface area contributed by atoms with Crippen LogP contribution in [-0.2, 0) is 6.18 Å². The SMILES string of the molecule is C[C@H](NC(=O)c1ccc2c(c1)c1cnncc1c(=O)n2-c1ccc(C(F)(F)F)cc1)c1ccccn1. The van der Waals surface area contributed by atoms with E-state index in [0.29, 0.717) is 27.5 Å². The number of nitrogens with zero attached hydrogens (tertiary/aromatic N) is 4. The molecular weight excluding hydrogens is 471 g/mol. The van der Waals surface area contributed by atoms with Crippen molar-refractivity contribution in [2.45, 2.75) is 19.1 Å². The summed E-state index contributed by atoms with van der Waals surface area (Å²) < 4.78 is 40.5. The van der Waals surface area contributed by atoms with E-state index in [2.05, 4.69) is 20.5 Å². The van der Waals surface area contributed by atoms with Crippen LogP contribution in [-0.4, -0.2) is 25.7 Å². The fourth-order valence-electron chi connectivity index (χ4n) is 4.07. The Hall–Kier alpha value is -4.60. The van der Waals surface area contributed by atoms with Gasteiger partial charge < -0.3 is 5.32 Å². The molecule has 180 valence electrons. The number of hydrogen-bond donors (Lipinski definition) is 1. The quantitative estimate of drug-likeness (QED) is 0.365. The number of alkyl halides is 3. The minimum atomic E-state index is -4.50. The lowest BCUT2D eigenvalue weighted by Crippen LogP contribution is -2.27. The first-order chi connectivity index (χ1) is 17.2. The summed E-state index contributed by atoms with van der Waals surface area (Å²) in [5.74, 6) is -0.350. The van der Waals surface area contributed by atoms with Crippen molar-refractivity contribution in [3.63, 3.8) is 0 Å². The molecule has 0 aliphatic rings. The lowest BCUT2D eigenvalue weighted by molar-refractivity contribution is -0.137. The summed E-state index contributed by atoms with van der Waals surface area (Å²) >= 11 is 0. The van der Waals surface area contributed by atoms with Gasteiger partial charge in [0.2, 0.25) is 0 Å². The van der Waals surface area contributed by atoms with E-state index in [1.54, 1.807) is 36.5 Å². The summed E-state index contributed by atoms with van der Waals surface area (Å²) in [7, 11) is 0. The van der Waals surface area contributed by atoms with Gasteiger partial charge >= 0.3 is 6.18 Å². The lowest BCUT2D eigenvalue weighted by Gasteiger charge is -2.16. The van der Waals surface area contributed by atoms with Crippen LogP contribution in [0, 0.1) is 0 Å². The molecule has 10 heteroatoms. The lowest BCUT2D eigenvalue weighted by atomic mass is 10.0. The van der Waals surface area contributed by atoms with E-state index in [0.717, 1.165) is 12.1 Å². The van der Waals surface area contributed by atoms with Crippen LogP contribution in [0.25, 0.3) is 27.4 Å². The second-order valence-electron chi connectivity index (χ2n) is 8.18. The molecule has 1 amide bonds. The second-order valence-corrected chi connectivity index (χ2v) is 8.18. The predicted octanol–water partition coefficient (Wildman–Crippen LogP) is 4.84. The van der Waals surface area contributed by atoms with E-state index < -0.39 is 17.3 Å². The van der Waals surface area contributed by atoms with Crippen molar-refractivity contribution in [3.8, 4) is 5.69 Å². The predicted molar refractivity (Wildman–Crippen MR) is 128 cm³/mol. The molecule has 0 radical (unpaired) electrons. The number of halogens is 3. The summed E-state index contributed by atoms with van der Waals surface area (Å²) in [4.78, 5) is 30.6. The summed E-state index contributed by atoms with van der Waals surface area (Å²) in [5.41, 5.74) is 0.404. The van der Waals surface area contributed by atoms with E-state index in [-0.39, 0.29) is 23.0 Å². The van der Waals surface area contributed by atoms with Gasteiger partial charge in [-0.15, -0.1) is 0 Å². The van der Waals surface area contributed by atoms with Crippen molar-refractivity contribution in [3.05, 3.63) is 106 Å². The summed E-state index contributed by atoms with van der Waals surface area (Å²) in [6.07, 6.45) is -0.136. The number of aromatic nitrogens is 4. The Bertz CT molecular complexity index is 1650. The van der Waals surface area contributed by atoms with Crippen molar-refractivity contribution in [1.29, 1.82) is 0 Å². The molecule has 0 unspecified atom stereocenters. The minimum Gasteiger partial charge on any atom is -0.344 e. The Morgan fingerprint density at radius 3 is 2.33 bits per heavy atom. The molecule has 0 bridgehead atoms. The molecule has 0 saturated carbocycles. The Labute approximate surface area is 202 Å². The number of nitrogens with one attached hydrogen (secondary N) is 1. The minimum absolute atomic E-state index is 0.219. The number of carbonyl (C=O) groups excluding carboxylic acids is 1. The van der Waals surface area contributed by atoms with Gasteiger partial charge in [-0.05, 0) is 61.5 Å². The third-order valence-electron chi connectivity index (χ3n) is 5.89. The van der Waals surface area contributed by atoms with Crippen molar-refractivity contribution < 1.29 is 18.0 Å². The highest BCUT2D eigenvalue weighted by atomic mass is 19.4. The zero-order chi connectivity index (χ0) is 25.4. The van der Waals surface area contributed by atoms with E-state index in [9.17, 15) is 22.8 Å². The van der Waals surface area contributed by atoms with E-state index in [1.165, 1.54) is 29.1 Å². The number of amides is 1. The van der Waals surface area contributed by atoms with Crippen LogP contribution in [0.2, 0.25) is 0 Å². The van der Waals surface area contributed by atoms with Crippen molar-refractivity contribution in [2.75, 3.05) is 0 Å². The molecule has 0 aliphatic carbocycles. The van der Waals surface area contributed by atoms with E-state index >= 15 is 0 Å². The van der Waals surface area contributed by atoms with Gasteiger partial charge in [-0.25, -0.2) is 0 Å². The zero-order valence-electron chi connectivity index (χ0n) is 18.8. The van der Waals surface area contributed by atoms with Crippen LogP contribution in [0.4, 0.5) is 13.2 Å². The topological polar surface area (TPSA) is 89.8 Å². The fraction of sp³-hybridized carbons (Fsp3) is 0.115. The molecule has 0 saturated heterocycles. The van der Waals surface area contributed by atoms with E-state index in [1.807, 2.05) is 13.0 Å². The first kappa shape index (κ1) is 23.2. The molecule has 3 heterocycles. The standard InChI is InChI=1S/C26H18F3N5O2/c1-15(22-4-2-3-11-30-22)33-24(35)16-5-10-23-19(12-16)20-13-31-32-14-21(20)25(36)34(23)18-8-6-17(7-9-18)26(27,28)29/h2-15H,1H3,(H,33,35)/t15-/m0/s1. The first-order valence-electron chi connectivity index (χ1n) is 10.9. The van der Waals surface area contributed by atoms with Crippen LogP contribution in [0.15, 0.2) is 84.0 Å². The molecule has 36 heavy (non-hydrogen) atoms. The third kappa shape index (κ3) is 4.17. The maximum Gasteiger partial charge on any atom is 0.416 e. The number of carbonyl (C=O) groups is 1. The molecule has 7 nitrogen and oxygen atoms in total. The fourth-order valence-corrected chi connectivity index (χ4v) is 4.07. The number of pyridine rings is 2. The average Bonchev–Trinajstić information content (AvgIpc) is 2.89. The molecule has 0 fully saturated rings.